The molecule has 2 unspecified atom stereocenters. The molecule has 2 aromatic rings. The Hall–Kier alpha value is -2.73. The highest BCUT2D eigenvalue weighted by atomic mass is 16.5. The molecule has 2 saturated heterocycles. The Bertz CT molecular complexity index is 834. The van der Waals surface area contributed by atoms with Crippen molar-refractivity contribution >= 4 is 11.6 Å². The van der Waals surface area contributed by atoms with Crippen LogP contribution in [0.5, 0.6) is 5.75 Å². The second-order valence-corrected chi connectivity index (χ2v) is 8.00. The lowest BCUT2D eigenvalue weighted by atomic mass is 9.89. The van der Waals surface area contributed by atoms with Gasteiger partial charge in [-0.2, -0.15) is 0 Å². The lowest BCUT2D eigenvalue weighted by Crippen LogP contribution is -2.53. The highest BCUT2D eigenvalue weighted by Gasteiger charge is 2.28. The normalized spacial score (nSPS) is 22.8. The number of phenolic OH excluding ortho intramolecular Hbond substituents is 1. The lowest BCUT2D eigenvalue weighted by molar-refractivity contribution is -0.0266. The molecule has 0 aliphatic carbocycles. The van der Waals surface area contributed by atoms with E-state index in [-0.39, 0.29) is 6.10 Å². The largest absolute Gasteiger partial charge is 0.506 e. The standard InChI is InChI=1S/C24H32N4O2/c1-25-24(28-15-13-27(14-16-28)21-11-5-6-12-22(21)29)26-18-20-10-7-17-30-23(20)19-8-3-2-4-9-19/h2-6,8-9,11-12,20,23,29H,7,10,13-18H2,1H3,(H,25,26). The summed E-state index contributed by atoms with van der Waals surface area (Å²) in [7, 11) is 1.85. The van der Waals surface area contributed by atoms with E-state index >= 15 is 0 Å². The predicted molar refractivity (Wildman–Crippen MR) is 121 cm³/mol. The van der Waals surface area contributed by atoms with E-state index in [4.69, 9.17) is 4.74 Å². The molecule has 0 saturated carbocycles. The number of hydrogen-bond acceptors (Lipinski definition) is 4. The maximum Gasteiger partial charge on any atom is 0.193 e. The van der Waals surface area contributed by atoms with Crippen LogP contribution in [0.15, 0.2) is 59.6 Å². The van der Waals surface area contributed by atoms with Crippen molar-refractivity contribution in [3.8, 4) is 5.75 Å². The molecule has 6 nitrogen and oxygen atoms in total. The summed E-state index contributed by atoms with van der Waals surface area (Å²) in [6.07, 6.45) is 2.40. The van der Waals surface area contributed by atoms with Crippen LogP contribution < -0.4 is 10.2 Å². The van der Waals surface area contributed by atoms with Gasteiger partial charge in [-0.25, -0.2) is 0 Å². The summed E-state index contributed by atoms with van der Waals surface area (Å²) in [6.45, 7) is 5.15. The highest BCUT2D eigenvalue weighted by molar-refractivity contribution is 5.80. The Morgan fingerprint density at radius 1 is 1.07 bits per heavy atom. The minimum absolute atomic E-state index is 0.142. The Labute approximate surface area is 179 Å². The van der Waals surface area contributed by atoms with Gasteiger partial charge in [0.15, 0.2) is 5.96 Å². The average Bonchev–Trinajstić information content (AvgIpc) is 2.81. The number of ether oxygens (including phenoxy) is 1. The van der Waals surface area contributed by atoms with Gasteiger partial charge in [0.25, 0.3) is 0 Å². The molecule has 2 atom stereocenters. The van der Waals surface area contributed by atoms with Gasteiger partial charge in [-0.15, -0.1) is 0 Å². The van der Waals surface area contributed by atoms with Gasteiger partial charge >= 0.3 is 0 Å². The molecule has 2 aliphatic heterocycles. The summed E-state index contributed by atoms with van der Waals surface area (Å²) in [6, 6.07) is 18.1. The van der Waals surface area contributed by atoms with Crippen LogP contribution in [-0.4, -0.2) is 62.3 Å². The fourth-order valence-corrected chi connectivity index (χ4v) is 4.51. The third-order valence-corrected chi connectivity index (χ3v) is 6.11. The number of hydrogen-bond donors (Lipinski definition) is 2. The highest BCUT2D eigenvalue weighted by Crippen LogP contribution is 2.33. The summed E-state index contributed by atoms with van der Waals surface area (Å²) in [5, 5.41) is 13.7. The van der Waals surface area contributed by atoms with Crippen molar-refractivity contribution < 1.29 is 9.84 Å². The molecule has 0 amide bonds. The van der Waals surface area contributed by atoms with Crippen molar-refractivity contribution in [2.45, 2.75) is 18.9 Å². The minimum atomic E-state index is 0.142. The summed E-state index contributed by atoms with van der Waals surface area (Å²) < 4.78 is 6.14. The zero-order valence-electron chi connectivity index (χ0n) is 17.7. The van der Waals surface area contributed by atoms with E-state index in [0.29, 0.717) is 11.7 Å². The number of aromatic hydroxyl groups is 1. The molecule has 2 fully saturated rings. The van der Waals surface area contributed by atoms with Crippen LogP contribution in [-0.2, 0) is 4.74 Å². The molecular formula is C24H32N4O2. The minimum Gasteiger partial charge on any atom is -0.506 e. The summed E-state index contributed by atoms with van der Waals surface area (Å²) >= 11 is 0. The molecule has 0 spiro atoms. The van der Waals surface area contributed by atoms with Gasteiger partial charge in [0.1, 0.15) is 5.75 Å². The van der Waals surface area contributed by atoms with Gasteiger partial charge in [0.2, 0.25) is 0 Å². The molecule has 2 aromatic carbocycles. The van der Waals surface area contributed by atoms with Crippen molar-refractivity contribution in [1.82, 2.24) is 10.2 Å². The quantitative estimate of drug-likeness (QED) is 0.601. The van der Waals surface area contributed by atoms with E-state index in [1.165, 1.54) is 5.56 Å². The van der Waals surface area contributed by atoms with Crippen LogP contribution in [0.25, 0.3) is 0 Å². The number of rotatable bonds is 4. The van der Waals surface area contributed by atoms with Crippen LogP contribution in [0.3, 0.4) is 0 Å². The Morgan fingerprint density at radius 3 is 2.53 bits per heavy atom. The van der Waals surface area contributed by atoms with Gasteiger partial charge in [0.05, 0.1) is 11.8 Å². The van der Waals surface area contributed by atoms with Crippen molar-refractivity contribution in [2.24, 2.45) is 10.9 Å². The molecule has 2 N–H and O–H groups in total. The number of aliphatic imine (C=N–C) groups is 1. The monoisotopic (exact) mass is 408 g/mol. The van der Waals surface area contributed by atoms with E-state index < -0.39 is 0 Å². The van der Waals surface area contributed by atoms with Crippen molar-refractivity contribution in [1.29, 1.82) is 0 Å². The van der Waals surface area contributed by atoms with Crippen molar-refractivity contribution in [3.63, 3.8) is 0 Å². The van der Waals surface area contributed by atoms with Gasteiger partial charge in [-0.1, -0.05) is 42.5 Å². The molecule has 6 heteroatoms. The second-order valence-electron chi connectivity index (χ2n) is 8.00. The smallest absolute Gasteiger partial charge is 0.193 e. The van der Waals surface area contributed by atoms with Crippen LogP contribution in [0.1, 0.15) is 24.5 Å². The van der Waals surface area contributed by atoms with Gasteiger partial charge in [-0.3, -0.25) is 4.99 Å². The molecule has 30 heavy (non-hydrogen) atoms. The fraction of sp³-hybridized carbons (Fsp3) is 0.458. The Kier molecular flexibility index (Phi) is 6.74. The topological polar surface area (TPSA) is 60.3 Å². The number of phenols is 1. The average molecular weight is 409 g/mol. The number of benzene rings is 2. The molecule has 0 bridgehead atoms. The molecule has 0 aromatic heterocycles. The second kappa shape index (κ2) is 9.85. The van der Waals surface area contributed by atoms with Crippen molar-refractivity contribution in [2.75, 3.05) is 51.3 Å². The predicted octanol–water partition coefficient (Wildman–Crippen LogP) is 3.26. The summed E-state index contributed by atoms with van der Waals surface area (Å²) in [5.41, 5.74) is 2.17. The fourth-order valence-electron chi connectivity index (χ4n) is 4.51. The van der Waals surface area contributed by atoms with Crippen LogP contribution >= 0.6 is 0 Å². The third-order valence-electron chi connectivity index (χ3n) is 6.11. The summed E-state index contributed by atoms with van der Waals surface area (Å²) in [5.74, 6) is 1.72. The Balaban J connectivity index is 1.33. The van der Waals surface area contributed by atoms with E-state index in [9.17, 15) is 5.11 Å². The van der Waals surface area contributed by atoms with E-state index in [0.717, 1.165) is 63.8 Å². The zero-order chi connectivity index (χ0) is 20.8. The third kappa shape index (κ3) is 4.70. The molecule has 4 rings (SSSR count). The first kappa shape index (κ1) is 20.5. The maximum absolute atomic E-state index is 10.1. The van der Waals surface area contributed by atoms with Crippen LogP contribution in [0.2, 0.25) is 0 Å². The van der Waals surface area contributed by atoms with Crippen LogP contribution in [0, 0.1) is 5.92 Å². The van der Waals surface area contributed by atoms with Gasteiger partial charge in [0, 0.05) is 52.3 Å². The first-order valence-electron chi connectivity index (χ1n) is 10.9. The van der Waals surface area contributed by atoms with Crippen molar-refractivity contribution in [3.05, 3.63) is 60.2 Å². The first-order valence-corrected chi connectivity index (χ1v) is 10.9. The number of nitrogens with zero attached hydrogens (tertiary/aromatic N) is 3. The SMILES string of the molecule is CN=C(NCC1CCCOC1c1ccccc1)N1CCN(c2ccccc2O)CC1. The number of nitrogens with one attached hydrogen (secondary N) is 1. The van der Waals surface area contributed by atoms with E-state index in [1.807, 2.05) is 25.2 Å². The van der Waals surface area contributed by atoms with E-state index in [1.54, 1.807) is 6.07 Å². The van der Waals surface area contributed by atoms with Crippen LogP contribution in [0.4, 0.5) is 5.69 Å². The molecular weight excluding hydrogens is 376 g/mol. The molecule has 2 heterocycles. The number of piperazine rings is 1. The van der Waals surface area contributed by atoms with Gasteiger partial charge < -0.3 is 25.0 Å². The lowest BCUT2D eigenvalue weighted by Gasteiger charge is -2.39. The van der Waals surface area contributed by atoms with Gasteiger partial charge in [-0.05, 0) is 30.5 Å². The molecule has 0 radical (unpaired) electrons. The number of guanidine groups is 1. The number of para-hydroxylation sites is 2. The zero-order valence-corrected chi connectivity index (χ0v) is 17.7. The maximum atomic E-state index is 10.1. The van der Waals surface area contributed by atoms with E-state index in [2.05, 4.69) is 50.4 Å². The molecule has 2 aliphatic rings. The Morgan fingerprint density at radius 2 is 1.80 bits per heavy atom. The summed E-state index contributed by atoms with van der Waals surface area (Å²) in [4.78, 5) is 9.07. The number of anilines is 1. The molecule has 160 valence electrons. The first-order chi connectivity index (χ1) is 14.8.